The fourth-order valence-electron chi connectivity index (χ4n) is 7.95. The molecule has 1 aliphatic rings. The largest absolute Gasteiger partial charge is 0.512 e. The Morgan fingerprint density at radius 2 is 1.46 bits per heavy atom. The smallest absolute Gasteiger partial charge is 0.164 e. The average molecular weight is 910 g/mol. The van der Waals surface area contributed by atoms with Crippen LogP contribution in [0.25, 0.3) is 32.9 Å². The van der Waals surface area contributed by atoms with Gasteiger partial charge in [0.25, 0.3) is 0 Å². The minimum atomic E-state index is -0.337. The molecule has 0 unspecified atom stereocenters. The summed E-state index contributed by atoms with van der Waals surface area (Å²) in [5.41, 5.74) is 8.26. The summed E-state index contributed by atoms with van der Waals surface area (Å²) in [6, 6.07) is 17.5. The zero-order valence-electron chi connectivity index (χ0n) is 35.6. The Morgan fingerprint density at radius 3 is 2.04 bits per heavy atom. The van der Waals surface area contributed by atoms with Crippen LogP contribution in [0.4, 0.5) is 0 Å². The van der Waals surface area contributed by atoms with Crippen molar-refractivity contribution in [3.8, 4) is 11.3 Å². The van der Waals surface area contributed by atoms with Crippen LogP contribution in [-0.4, -0.2) is 20.9 Å². The molecule has 1 saturated carbocycles. The Hall–Kier alpha value is -2.88. The SMILES string of the molecule is CCC(C)(CC)C(=O)/C=C(\O)C(C)(CC)CC.Cc1nc(-c2[c-]ccc(C3CCCCC3)c2)c2cc(C)c3cc(CC(C)C)cc(CC(C)C)c3c2n1.[Ir]. The first-order valence-corrected chi connectivity index (χ1v) is 20.8. The van der Waals surface area contributed by atoms with E-state index in [1.165, 1.54) is 71.2 Å². The first kappa shape index (κ1) is 45.5. The number of hydrogen-bond acceptors (Lipinski definition) is 4. The van der Waals surface area contributed by atoms with Crippen LogP contribution in [0.3, 0.4) is 0 Å². The van der Waals surface area contributed by atoms with Crippen LogP contribution in [0.5, 0.6) is 0 Å². The van der Waals surface area contributed by atoms with Gasteiger partial charge < -0.3 is 5.11 Å². The van der Waals surface area contributed by atoms with Crippen molar-refractivity contribution in [2.75, 3.05) is 0 Å². The molecule has 297 valence electrons. The number of aliphatic hydroxyl groups is 1. The number of carbonyl (C=O) groups is 1. The molecule has 1 aliphatic carbocycles. The molecule has 3 aromatic carbocycles. The van der Waals surface area contributed by atoms with E-state index in [1.54, 1.807) is 0 Å². The number of carbonyl (C=O) groups excluding carboxylic acids is 1. The van der Waals surface area contributed by atoms with Crippen molar-refractivity contribution in [1.29, 1.82) is 0 Å². The molecule has 5 heteroatoms. The molecule has 0 saturated heterocycles. The van der Waals surface area contributed by atoms with Crippen LogP contribution in [-0.2, 0) is 37.7 Å². The van der Waals surface area contributed by atoms with Crippen molar-refractivity contribution in [2.24, 2.45) is 22.7 Å². The number of rotatable bonds is 13. The van der Waals surface area contributed by atoms with Gasteiger partial charge in [-0.15, -0.1) is 35.4 Å². The van der Waals surface area contributed by atoms with Gasteiger partial charge >= 0.3 is 0 Å². The number of benzene rings is 3. The maximum atomic E-state index is 12.2. The Morgan fingerprint density at radius 1 is 0.852 bits per heavy atom. The third-order valence-electron chi connectivity index (χ3n) is 12.4. The normalized spacial score (nSPS) is 14.4. The summed E-state index contributed by atoms with van der Waals surface area (Å²) < 4.78 is 0. The second-order valence-electron chi connectivity index (χ2n) is 17.4. The minimum absolute atomic E-state index is 0. The van der Waals surface area contributed by atoms with Gasteiger partial charge in [0.05, 0.1) is 5.52 Å². The third kappa shape index (κ3) is 10.7. The first-order chi connectivity index (χ1) is 25.1. The fourth-order valence-corrected chi connectivity index (χ4v) is 7.95. The quantitative estimate of drug-likeness (QED) is 0.0628. The van der Waals surface area contributed by atoms with E-state index < -0.39 is 0 Å². The summed E-state index contributed by atoms with van der Waals surface area (Å²) in [7, 11) is 0. The second-order valence-corrected chi connectivity index (χ2v) is 17.4. The molecule has 54 heavy (non-hydrogen) atoms. The summed E-state index contributed by atoms with van der Waals surface area (Å²) in [4.78, 5) is 22.3. The molecule has 0 amide bonds. The van der Waals surface area contributed by atoms with Crippen LogP contribution < -0.4 is 0 Å². The first-order valence-electron chi connectivity index (χ1n) is 20.8. The van der Waals surface area contributed by atoms with E-state index in [9.17, 15) is 9.90 Å². The summed E-state index contributed by atoms with van der Waals surface area (Å²) in [6.07, 6.45) is 13.6. The van der Waals surface area contributed by atoms with Crippen LogP contribution >= 0.6 is 0 Å². The predicted molar refractivity (Wildman–Crippen MR) is 227 cm³/mol. The number of fused-ring (bicyclic) bond motifs is 3. The van der Waals surface area contributed by atoms with Gasteiger partial charge in [0, 0.05) is 42.4 Å². The van der Waals surface area contributed by atoms with Crippen molar-refractivity contribution in [1.82, 2.24) is 9.97 Å². The molecule has 1 N–H and O–H groups in total. The summed E-state index contributed by atoms with van der Waals surface area (Å²) >= 11 is 0. The van der Waals surface area contributed by atoms with Gasteiger partial charge in [-0.05, 0) is 116 Å². The molecule has 0 atom stereocenters. The van der Waals surface area contributed by atoms with Crippen molar-refractivity contribution >= 4 is 27.5 Å². The Bertz CT molecular complexity index is 1890. The van der Waals surface area contributed by atoms with Gasteiger partial charge in [-0.3, -0.25) is 9.78 Å². The maximum Gasteiger partial charge on any atom is 0.164 e. The molecule has 0 aliphatic heterocycles. The van der Waals surface area contributed by atoms with Gasteiger partial charge in [-0.2, -0.15) is 0 Å². The zero-order chi connectivity index (χ0) is 39.1. The molecule has 0 spiro atoms. The van der Waals surface area contributed by atoms with E-state index in [2.05, 4.69) is 77.1 Å². The number of nitrogens with zero attached hydrogens (tertiary/aromatic N) is 2. The van der Waals surface area contributed by atoms with Crippen molar-refractivity contribution in [3.05, 3.63) is 82.4 Å². The van der Waals surface area contributed by atoms with E-state index >= 15 is 0 Å². The minimum Gasteiger partial charge on any atom is -0.512 e. The summed E-state index contributed by atoms with van der Waals surface area (Å²) in [5.74, 6) is 3.01. The summed E-state index contributed by atoms with van der Waals surface area (Å²) in [6.45, 7) is 25.6. The van der Waals surface area contributed by atoms with Gasteiger partial charge in [0.2, 0.25) is 0 Å². The number of ketones is 1. The number of aryl methyl sites for hydroxylation is 2. The molecule has 1 aromatic heterocycles. The topological polar surface area (TPSA) is 63.1 Å². The molecule has 1 radical (unpaired) electrons. The molecule has 1 fully saturated rings. The molecular weight excluding hydrogens is 841 g/mol. The van der Waals surface area contributed by atoms with Gasteiger partial charge in [-0.1, -0.05) is 107 Å². The van der Waals surface area contributed by atoms with Gasteiger partial charge in [0.1, 0.15) is 11.6 Å². The summed E-state index contributed by atoms with van der Waals surface area (Å²) in [5, 5.41) is 14.0. The van der Waals surface area contributed by atoms with Gasteiger partial charge in [-0.25, -0.2) is 4.98 Å². The van der Waals surface area contributed by atoms with Crippen LogP contribution in [0, 0.1) is 42.6 Å². The van der Waals surface area contributed by atoms with Crippen molar-refractivity contribution in [2.45, 2.75) is 160 Å². The number of allylic oxidation sites excluding steroid dienone is 2. The fraction of sp³-hybridized carbons (Fsp3) is 0.571. The van der Waals surface area contributed by atoms with Gasteiger partial charge in [0.15, 0.2) is 5.78 Å². The van der Waals surface area contributed by atoms with E-state index in [1.807, 2.05) is 48.5 Å². The number of aromatic nitrogens is 2. The predicted octanol–water partition coefficient (Wildman–Crippen LogP) is 14.0. The average Bonchev–Trinajstić information content (AvgIpc) is 3.14. The Kier molecular flexibility index (Phi) is 16.7. The van der Waals surface area contributed by atoms with E-state index in [0.29, 0.717) is 17.8 Å². The molecule has 4 aromatic rings. The molecular formula is C49H69IrN2O2-. The van der Waals surface area contributed by atoms with E-state index in [-0.39, 0.29) is 42.5 Å². The van der Waals surface area contributed by atoms with Crippen LogP contribution in [0.15, 0.2) is 48.2 Å². The monoisotopic (exact) mass is 910 g/mol. The van der Waals surface area contributed by atoms with E-state index in [4.69, 9.17) is 9.97 Å². The van der Waals surface area contributed by atoms with Crippen molar-refractivity contribution in [3.63, 3.8) is 0 Å². The van der Waals surface area contributed by atoms with E-state index in [0.717, 1.165) is 66.5 Å². The number of aliphatic hydroxyl groups excluding tert-OH is 1. The molecule has 5 rings (SSSR count). The molecule has 1 heterocycles. The third-order valence-corrected chi connectivity index (χ3v) is 12.4. The Labute approximate surface area is 341 Å². The molecule has 0 bridgehead atoms. The van der Waals surface area contributed by atoms with Crippen molar-refractivity contribution < 1.29 is 30.0 Å². The zero-order valence-corrected chi connectivity index (χ0v) is 38.0. The Balaban J connectivity index is 0.000000372. The second kappa shape index (κ2) is 19.8. The maximum absolute atomic E-state index is 12.2. The van der Waals surface area contributed by atoms with Crippen LogP contribution in [0.1, 0.15) is 161 Å². The molecule has 4 nitrogen and oxygen atoms in total. The number of hydrogen-bond donors (Lipinski definition) is 1. The standard InChI is InChI=1S/C34H41N2.C15H28O2.Ir/c1-21(2)15-25-18-29(16-22(3)4)32-30(19-25)23(5)17-31-33(35-24(6)36-34(31)32)28-14-10-13-27(20-28)26-11-8-7-9-12-26;1-7-14(5,8-2)12(16)11-13(17)15(6,9-3)10-4;/h10,13,17-22,26H,7-9,11-12,15-16H2,1-6H3;11,16H,7-10H2,1-6H3;/q-1;;/b;12-11-;. The van der Waals surface area contributed by atoms with Crippen LogP contribution in [0.2, 0.25) is 0 Å².